The Kier molecular flexibility index (Phi) is 7.69. The average Bonchev–Trinajstić information content (AvgIpc) is 3.24. The van der Waals surface area contributed by atoms with Crippen LogP contribution in [0.25, 0.3) is 10.9 Å². The van der Waals surface area contributed by atoms with Crippen molar-refractivity contribution in [3.63, 3.8) is 0 Å². The number of halogens is 1. The minimum atomic E-state index is -3.73. The van der Waals surface area contributed by atoms with Gasteiger partial charge in [-0.1, -0.05) is 11.6 Å². The maximum absolute atomic E-state index is 12.9. The quantitative estimate of drug-likeness (QED) is 0.328. The molecule has 0 atom stereocenters. The molecule has 36 heavy (non-hydrogen) atoms. The SMILES string of the molecule is CN(C)CCCN(C)S(=O)(=O)c1cnc(Oc2ccc3ncnc(Nc4ccn(C)n4)c3c2)c(Cl)c1. The van der Waals surface area contributed by atoms with Gasteiger partial charge in [0.05, 0.1) is 11.7 Å². The number of aryl methyl sites for hydroxylation is 1. The van der Waals surface area contributed by atoms with Crippen molar-refractivity contribution in [1.82, 2.24) is 33.9 Å². The highest BCUT2D eigenvalue weighted by Crippen LogP contribution is 2.32. The summed E-state index contributed by atoms with van der Waals surface area (Å²) in [5.74, 6) is 1.72. The Morgan fingerprint density at radius 2 is 1.89 bits per heavy atom. The van der Waals surface area contributed by atoms with Gasteiger partial charge >= 0.3 is 0 Å². The Balaban J connectivity index is 1.54. The molecular formula is C23H27ClN8O3S. The molecule has 0 bridgehead atoms. The Bertz CT molecular complexity index is 1480. The minimum absolute atomic E-state index is 0.000891. The number of anilines is 2. The molecule has 13 heteroatoms. The molecule has 0 spiro atoms. The maximum Gasteiger partial charge on any atom is 0.244 e. The van der Waals surface area contributed by atoms with E-state index in [2.05, 4.69) is 25.4 Å². The zero-order valence-electron chi connectivity index (χ0n) is 20.4. The van der Waals surface area contributed by atoms with E-state index in [-0.39, 0.29) is 15.8 Å². The van der Waals surface area contributed by atoms with E-state index in [0.29, 0.717) is 41.3 Å². The number of sulfonamides is 1. The van der Waals surface area contributed by atoms with Gasteiger partial charge in [-0.05, 0) is 51.3 Å². The van der Waals surface area contributed by atoms with Gasteiger partial charge in [0.1, 0.15) is 27.8 Å². The van der Waals surface area contributed by atoms with Gasteiger partial charge in [-0.2, -0.15) is 5.10 Å². The highest BCUT2D eigenvalue weighted by Gasteiger charge is 2.23. The van der Waals surface area contributed by atoms with Crippen molar-refractivity contribution in [2.45, 2.75) is 11.3 Å². The van der Waals surface area contributed by atoms with Crippen LogP contribution in [0.5, 0.6) is 11.6 Å². The summed E-state index contributed by atoms with van der Waals surface area (Å²) in [7, 11) is 3.52. The molecule has 0 fully saturated rings. The summed E-state index contributed by atoms with van der Waals surface area (Å²) in [5.41, 5.74) is 0.702. The van der Waals surface area contributed by atoms with E-state index >= 15 is 0 Å². The third kappa shape index (κ3) is 5.90. The number of nitrogens with zero attached hydrogens (tertiary/aromatic N) is 7. The van der Waals surface area contributed by atoms with Crippen LogP contribution in [0.1, 0.15) is 6.42 Å². The first kappa shape index (κ1) is 25.8. The fourth-order valence-electron chi connectivity index (χ4n) is 3.45. The molecule has 4 aromatic rings. The van der Waals surface area contributed by atoms with Crippen molar-refractivity contribution in [2.75, 3.05) is 39.5 Å². The molecule has 0 saturated heterocycles. The number of fused-ring (bicyclic) bond motifs is 1. The fraction of sp³-hybridized carbons (Fsp3) is 0.304. The van der Waals surface area contributed by atoms with E-state index in [9.17, 15) is 8.42 Å². The van der Waals surface area contributed by atoms with Crippen LogP contribution in [-0.2, 0) is 17.1 Å². The molecule has 0 aliphatic rings. The van der Waals surface area contributed by atoms with Gasteiger partial charge in [0.2, 0.25) is 15.9 Å². The minimum Gasteiger partial charge on any atom is -0.438 e. The van der Waals surface area contributed by atoms with Crippen LogP contribution in [0.3, 0.4) is 0 Å². The van der Waals surface area contributed by atoms with Crippen molar-refractivity contribution < 1.29 is 13.2 Å². The molecule has 4 rings (SSSR count). The van der Waals surface area contributed by atoms with Crippen LogP contribution >= 0.6 is 11.6 Å². The molecule has 1 aromatic carbocycles. The van der Waals surface area contributed by atoms with Gasteiger partial charge in [0, 0.05) is 38.3 Å². The molecule has 1 N–H and O–H groups in total. The van der Waals surface area contributed by atoms with E-state index in [0.717, 1.165) is 6.54 Å². The number of benzene rings is 1. The number of rotatable bonds is 10. The monoisotopic (exact) mass is 530 g/mol. The summed E-state index contributed by atoms with van der Waals surface area (Å²) in [6.07, 6.45) is 5.23. The fourth-order valence-corrected chi connectivity index (χ4v) is 4.90. The molecule has 190 valence electrons. The van der Waals surface area contributed by atoms with E-state index in [1.807, 2.05) is 38.3 Å². The van der Waals surface area contributed by atoms with Gasteiger partial charge in [-0.25, -0.2) is 27.7 Å². The predicted molar refractivity (Wildman–Crippen MR) is 138 cm³/mol. The zero-order valence-corrected chi connectivity index (χ0v) is 22.0. The molecule has 11 nitrogen and oxygen atoms in total. The molecule has 0 aliphatic heterocycles. The van der Waals surface area contributed by atoms with E-state index in [1.165, 1.54) is 29.9 Å². The number of pyridine rings is 1. The smallest absolute Gasteiger partial charge is 0.244 e. The van der Waals surface area contributed by atoms with Gasteiger partial charge in [-0.3, -0.25) is 4.68 Å². The van der Waals surface area contributed by atoms with Crippen LogP contribution in [0.15, 0.2) is 53.9 Å². The number of hydrogen-bond donors (Lipinski definition) is 1. The number of ether oxygens (including phenoxy) is 1. The van der Waals surface area contributed by atoms with Gasteiger partial charge in [0.15, 0.2) is 5.82 Å². The summed E-state index contributed by atoms with van der Waals surface area (Å²) >= 11 is 6.37. The van der Waals surface area contributed by atoms with Crippen molar-refractivity contribution in [3.8, 4) is 11.6 Å². The van der Waals surface area contributed by atoms with Crippen LogP contribution in [0.2, 0.25) is 5.02 Å². The van der Waals surface area contributed by atoms with Gasteiger partial charge < -0.3 is 15.0 Å². The average molecular weight is 531 g/mol. The second-order valence-electron chi connectivity index (χ2n) is 8.44. The molecule has 0 radical (unpaired) electrons. The van der Waals surface area contributed by atoms with Crippen molar-refractivity contribution in [1.29, 1.82) is 0 Å². The Hall–Kier alpha value is -3.32. The summed E-state index contributed by atoms with van der Waals surface area (Å²) in [4.78, 5) is 14.8. The van der Waals surface area contributed by atoms with Crippen molar-refractivity contribution in [2.24, 2.45) is 7.05 Å². The number of aromatic nitrogens is 5. The van der Waals surface area contributed by atoms with E-state index in [4.69, 9.17) is 16.3 Å². The summed E-state index contributed by atoms with van der Waals surface area (Å²) < 4.78 is 34.7. The lowest BCUT2D eigenvalue weighted by Crippen LogP contribution is -2.30. The highest BCUT2D eigenvalue weighted by atomic mass is 35.5. The van der Waals surface area contributed by atoms with Crippen LogP contribution in [0, 0.1) is 0 Å². The molecule has 3 aromatic heterocycles. The predicted octanol–water partition coefficient (Wildman–Crippen LogP) is 3.52. The number of hydrogen-bond acceptors (Lipinski definition) is 9. The first-order valence-corrected chi connectivity index (χ1v) is 12.9. The number of nitrogens with one attached hydrogen (secondary N) is 1. The lowest BCUT2D eigenvalue weighted by molar-refractivity contribution is 0.370. The third-order valence-corrected chi connectivity index (χ3v) is 7.44. The van der Waals surface area contributed by atoms with Crippen LogP contribution in [0.4, 0.5) is 11.6 Å². The highest BCUT2D eigenvalue weighted by molar-refractivity contribution is 7.89. The second-order valence-corrected chi connectivity index (χ2v) is 10.9. The van der Waals surface area contributed by atoms with E-state index < -0.39 is 10.0 Å². The first-order valence-electron chi connectivity index (χ1n) is 11.1. The summed E-state index contributed by atoms with van der Waals surface area (Å²) in [6, 6.07) is 8.43. The molecule has 0 saturated carbocycles. The summed E-state index contributed by atoms with van der Waals surface area (Å²) in [5, 5.41) is 8.26. The third-order valence-electron chi connectivity index (χ3n) is 5.35. The van der Waals surface area contributed by atoms with Crippen LogP contribution < -0.4 is 10.1 Å². The van der Waals surface area contributed by atoms with Crippen molar-refractivity contribution >= 4 is 44.2 Å². The molecule has 0 unspecified atom stereocenters. The zero-order chi connectivity index (χ0) is 25.9. The van der Waals surface area contributed by atoms with Gasteiger partial charge in [0.25, 0.3) is 0 Å². The maximum atomic E-state index is 12.9. The lowest BCUT2D eigenvalue weighted by Gasteiger charge is -2.18. The normalized spacial score (nSPS) is 12.0. The standard InChI is InChI=1S/C23H27ClN8O3S/c1-30(2)9-5-10-32(4)36(33,34)17-13-19(24)23(25-14-17)35-16-6-7-20-18(12-16)22(27-15-26-20)28-21-8-11-31(3)29-21/h6-8,11-15H,5,9-10H2,1-4H3,(H,26,27,28,29). The Morgan fingerprint density at radius 3 is 2.58 bits per heavy atom. The topological polar surface area (TPSA) is 118 Å². The largest absolute Gasteiger partial charge is 0.438 e. The van der Waals surface area contributed by atoms with Gasteiger partial charge in [-0.15, -0.1) is 0 Å². The van der Waals surface area contributed by atoms with Crippen LogP contribution in [-0.4, -0.2) is 76.6 Å². The van der Waals surface area contributed by atoms with Crippen molar-refractivity contribution in [3.05, 3.63) is 54.1 Å². The molecule has 3 heterocycles. The summed E-state index contributed by atoms with van der Waals surface area (Å²) in [6.45, 7) is 1.16. The Labute approximate surface area is 214 Å². The Morgan fingerprint density at radius 1 is 1.08 bits per heavy atom. The first-order chi connectivity index (χ1) is 17.1. The molecular weight excluding hydrogens is 504 g/mol. The molecule has 0 amide bonds. The second kappa shape index (κ2) is 10.7. The molecule has 0 aliphatic carbocycles. The lowest BCUT2D eigenvalue weighted by atomic mass is 10.2. The van der Waals surface area contributed by atoms with E-state index in [1.54, 1.807) is 22.9 Å².